The number of esters is 1. The van der Waals surface area contributed by atoms with E-state index in [0.717, 1.165) is 11.8 Å². The molecule has 230 valence electrons. The Morgan fingerprint density at radius 3 is 2.61 bits per heavy atom. The molecule has 2 aromatic rings. The van der Waals surface area contributed by atoms with Gasteiger partial charge < -0.3 is 19.8 Å². The molecule has 41 heavy (non-hydrogen) atoms. The lowest BCUT2D eigenvalue weighted by Gasteiger charge is -2.39. The van der Waals surface area contributed by atoms with Gasteiger partial charge in [0.25, 0.3) is 0 Å². The number of nitrogens with one attached hydrogen (secondary N) is 1. The molecule has 2 aromatic heterocycles. The molecule has 1 aliphatic rings. The van der Waals surface area contributed by atoms with Crippen molar-refractivity contribution in [1.29, 1.82) is 0 Å². The maximum absolute atomic E-state index is 13.7. The number of thioether (sulfide) groups is 1. The number of carbonyl (C=O) groups excluding carboxylic acids is 2. The van der Waals surface area contributed by atoms with E-state index in [0.29, 0.717) is 11.2 Å². The van der Waals surface area contributed by atoms with Gasteiger partial charge in [-0.15, -0.1) is 0 Å². The van der Waals surface area contributed by atoms with E-state index in [2.05, 4.69) is 20.0 Å². The summed E-state index contributed by atoms with van der Waals surface area (Å²) in [5.41, 5.74) is 6.23. The van der Waals surface area contributed by atoms with Crippen LogP contribution in [0.15, 0.2) is 12.7 Å². The van der Waals surface area contributed by atoms with Gasteiger partial charge in [-0.1, -0.05) is 55.7 Å². The third-order valence-corrected chi connectivity index (χ3v) is 9.65. The summed E-state index contributed by atoms with van der Waals surface area (Å²) < 4.78 is 36.4. The minimum atomic E-state index is -4.07. The molecule has 1 fully saturated rings. The topological polar surface area (TPSA) is 170 Å². The van der Waals surface area contributed by atoms with E-state index in [1.807, 2.05) is 20.8 Å². The number of nitrogen functional groups attached to an aromatic ring is 1. The van der Waals surface area contributed by atoms with Gasteiger partial charge in [-0.25, -0.2) is 24.6 Å². The molecule has 1 saturated heterocycles. The Morgan fingerprint density at radius 2 is 1.98 bits per heavy atom. The van der Waals surface area contributed by atoms with Crippen molar-refractivity contribution in [3.63, 3.8) is 0 Å². The van der Waals surface area contributed by atoms with Crippen molar-refractivity contribution in [2.75, 3.05) is 31.3 Å². The lowest BCUT2D eigenvalue weighted by atomic mass is 10.00. The Morgan fingerprint density at radius 1 is 1.27 bits per heavy atom. The maximum atomic E-state index is 13.7. The molecule has 0 radical (unpaired) electrons. The van der Waals surface area contributed by atoms with E-state index in [-0.39, 0.29) is 49.0 Å². The molecule has 4 atom stereocenters. The molecule has 0 amide bonds. The monoisotopic (exact) mass is 654 g/mol. The van der Waals surface area contributed by atoms with E-state index in [1.165, 1.54) is 19.6 Å². The zero-order chi connectivity index (χ0) is 30.6. The SMILES string of the molecule is CC(C)OC(=O)C(C)NP(=O)(OCCSC(=O)C(C)(C)C)OCC1CC(Cl)(Cl)C(n2cnc3c(N)ncnc32)CO1. The van der Waals surface area contributed by atoms with Crippen LogP contribution in [0.5, 0.6) is 0 Å². The third-order valence-electron chi connectivity index (χ3n) is 5.88. The number of ether oxygens (including phenoxy) is 2. The first kappa shape index (κ1) is 34.0. The number of anilines is 1. The van der Waals surface area contributed by atoms with E-state index in [4.69, 9.17) is 47.5 Å². The van der Waals surface area contributed by atoms with Gasteiger partial charge in [-0.2, -0.15) is 0 Å². The normalized spacial score (nSPS) is 21.5. The molecule has 0 aliphatic carbocycles. The summed E-state index contributed by atoms with van der Waals surface area (Å²) in [5, 5.41) is 2.58. The van der Waals surface area contributed by atoms with Crippen molar-refractivity contribution in [1.82, 2.24) is 24.6 Å². The number of aromatic nitrogens is 4. The lowest BCUT2D eigenvalue weighted by Crippen LogP contribution is -2.44. The summed E-state index contributed by atoms with van der Waals surface area (Å²) in [6.07, 6.45) is 1.91. The zero-order valence-electron chi connectivity index (χ0n) is 23.8. The fraction of sp³-hybridized carbons (Fsp3) is 0.708. The number of imidazole rings is 1. The fourth-order valence-corrected chi connectivity index (χ4v) is 6.85. The second-order valence-electron chi connectivity index (χ2n) is 10.9. The number of halogens is 2. The molecular weight excluding hydrogens is 618 g/mol. The molecule has 0 aromatic carbocycles. The molecule has 0 saturated carbocycles. The minimum Gasteiger partial charge on any atom is -0.462 e. The first-order chi connectivity index (χ1) is 19.0. The number of carbonyl (C=O) groups is 2. The molecule has 1 aliphatic heterocycles. The zero-order valence-corrected chi connectivity index (χ0v) is 27.1. The summed E-state index contributed by atoms with van der Waals surface area (Å²) >= 11 is 14.6. The van der Waals surface area contributed by atoms with Crippen LogP contribution in [0, 0.1) is 5.41 Å². The molecule has 17 heteroatoms. The summed E-state index contributed by atoms with van der Waals surface area (Å²) in [4.78, 5) is 37.0. The average Bonchev–Trinajstić information content (AvgIpc) is 3.29. The quantitative estimate of drug-likeness (QED) is 0.144. The lowest BCUT2D eigenvalue weighted by molar-refractivity contribution is -0.149. The van der Waals surface area contributed by atoms with Crippen LogP contribution >= 0.6 is 42.7 Å². The number of hydrogen-bond donors (Lipinski definition) is 2. The number of nitrogens with zero attached hydrogens (tertiary/aromatic N) is 4. The Balaban J connectivity index is 1.66. The highest BCUT2D eigenvalue weighted by atomic mass is 35.5. The average molecular weight is 656 g/mol. The van der Waals surface area contributed by atoms with Crippen LogP contribution in [0.1, 0.15) is 54.0 Å². The fourth-order valence-electron chi connectivity index (χ4n) is 3.76. The van der Waals surface area contributed by atoms with Crippen LogP contribution in [0.3, 0.4) is 0 Å². The van der Waals surface area contributed by atoms with E-state index < -0.39 is 41.7 Å². The summed E-state index contributed by atoms with van der Waals surface area (Å²) in [6.45, 7) is 10.1. The van der Waals surface area contributed by atoms with Crippen molar-refractivity contribution in [3.8, 4) is 0 Å². The van der Waals surface area contributed by atoms with Gasteiger partial charge in [0.05, 0.1) is 44.4 Å². The van der Waals surface area contributed by atoms with Crippen molar-refractivity contribution >= 4 is 70.8 Å². The first-order valence-corrected chi connectivity index (χ1v) is 16.3. The molecule has 0 spiro atoms. The Bertz CT molecular complexity index is 1270. The summed E-state index contributed by atoms with van der Waals surface area (Å²) in [6, 6.07) is -1.57. The first-order valence-electron chi connectivity index (χ1n) is 13.0. The van der Waals surface area contributed by atoms with Gasteiger partial charge in [-0.3, -0.25) is 18.6 Å². The standard InChI is InChI=1S/C24H37Cl2N6O7PS/c1-14(2)39-21(33)15(3)31-40(35,37-7-8-41-22(34)23(4,5)6)38-10-16-9-24(25,26)17(11-36-16)32-13-30-18-19(27)28-12-29-20(18)32/h12-17H,7-11H2,1-6H3,(H,31,35)(H2,27,28,29). The highest BCUT2D eigenvalue weighted by Crippen LogP contribution is 2.48. The van der Waals surface area contributed by atoms with E-state index in [1.54, 1.807) is 18.4 Å². The minimum absolute atomic E-state index is 0.0377. The predicted octanol–water partition coefficient (Wildman–Crippen LogP) is 4.29. The van der Waals surface area contributed by atoms with Crippen LogP contribution in [-0.2, 0) is 32.7 Å². The molecule has 3 N–H and O–H groups in total. The molecule has 3 heterocycles. The van der Waals surface area contributed by atoms with Gasteiger partial charge in [0.15, 0.2) is 16.6 Å². The second kappa shape index (κ2) is 13.9. The summed E-state index contributed by atoms with van der Waals surface area (Å²) in [7, 11) is -4.07. The largest absolute Gasteiger partial charge is 0.462 e. The van der Waals surface area contributed by atoms with Crippen molar-refractivity contribution < 1.29 is 32.7 Å². The molecule has 4 unspecified atom stereocenters. The Kier molecular flexibility index (Phi) is 11.5. The molecular formula is C24H37Cl2N6O7PS. The highest BCUT2D eigenvalue weighted by Gasteiger charge is 2.45. The number of nitrogens with two attached hydrogens (primary N) is 1. The molecule has 0 bridgehead atoms. The van der Waals surface area contributed by atoms with Crippen LogP contribution in [-0.4, -0.2) is 78.8 Å². The second-order valence-corrected chi connectivity index (χ2v) is 15.2. The van der Waals surface area contributed by atoms with Gasteiger partial charge >= 0.3 is 13.7 Å². The van der Waals surface area contributed by atoms with Gasteiger partial charge in [-0.05, 0) is 20.8 Å². The Hall–Kier alpha value is -1.51. The summed E-state index contributed by atoms with van der Waals surface area (Å²) in [5.74, 6) is -0.168. The van der Waals surface area contributed by atoms with Gasteiger partial charge in [0.1, 0.15) is 22.2 Å². The van der Waals surface area contributed by atoms with Crippen LogP contribution in [0.2, 0.25) is 0 Å². The number of rotatable bonds is 12. The van der Waals surface area contributed by atoms with Crippen LogP contribution < -0.4 is 10.8 Å². The van der Waals surface area contributed by atoms with Gasteiger partial charge in [0.2, 0.25) is 0 Å². The predicted molar refractivity (Wildman–Crippen MR) is 158 cm³/mol. The van der Waals surface area contributed by atoms with E-state index in [9.17, 15) is 14.2 Å². The van der Waals surface area contributed by atoms with Crippen LogP contribution in [0.4, 0.5) is 5.82 Å². The maximum Gasteiger partial charge on any atom is 0.406 e. The third kappa shape index (κ3) is 9.24. The van der Waals surface area contributed by atoms with Crippen LogP contribution in [0.25, 0.3) is 11.2 Å². The number of alkyl halides is 2. The van der Waals surface area contributed by atoms with Crippen molar-refractivity contribution in [2.24, 2.45) is 5.41 Å². The van der Waals surface area contributed by atoms with Crippen molar-refractivity contribution in [2.45, 2.75) is 76.6 Å². The van der Waals surface area contributed by atoms with Gasteiger partial charge in [0, 0.05) is 17.6 Å². The molecule has 3 rings (SSSR count). The smallest absolute Gasteiger partial charge is 0.406 e. The number of fused-ring (bicyclic) bond motifs is 1. The number of hydrogen-bond acceptors (Lipinski definition) is 12. The Labute approximate surface area is 253 Å². The van der Waals surface area contributed by atoms with E-state index >= 15 is 0 Å². The van der Waals surface area contributed by atoms with Crippen molar-refractivity contribution in [3.05, 3.63) is 12.7 Å². The molecule has 13 nitrogen and oxygen atoms in total. The highest BCUT2D eigenvalue weighted by molar-refractivity contribution is 8.13.